The van der Waals surface area contributed by atoms with Crippen LogP contribution >= 0.6 is 0 Å². The third-order valence-corrected chi connectivity index (χ3v) is 4.25. The van der Waals surface area contributed by atoms with E-state index in [1.54, 1.807) is 13.8 Å². The van der Waals surface area contributed by atoms with Gasteiger partial charge in [-0.3, -0.25) is 9.59 Å². The molecule has 2 atom stereocenters. The fraction of sp³-hybridized carbons (Fsp3) is 0.500. The molecule has 7 heteroatoms. The van der Waals surface area contributed by atoms with Gasteiger partial charge in [-0.05, 0) is 49.6 Å². The van der Waals surface area contributed by atoms with Gasteiger partial charge in [0.25, 0.3) is 0 Å². The van der Waals surface area contributed by atoms with E-state index in [1.807, 2.05) is 0 Å². The highest BCUT2D eigenvalue weighted by Crippen LogP contribution is 2.38. The summed E-state index contributed by atoms with van der Waals surface area (Å²) >= 11 is 0. The van der Waals surface area contributed by atoms with Crippen LogP contribution < -0.4 is 4.74 Å². The Morgan fingerprint density at radius 3 is 2.24 bits per heavy atom. The van der Waals surface area contributed by atoms with Crippen LogP contribution in [0.2, 0.25) is 0 Å². The van der Waals surface area contributed by atoms with Gasteiger partial charge in [0.1, 0.15) is 23.2 Å². The number of hydrogen-bond acceptors (Lipinski definition) is 4. The Morgan fingerprint density at radius 2 is 1.76 bits per heavy atom. The molecule has 0 amide bonds. The Hall–Kier alpha value is -2.18. The minimum absolute atomic E-state index is 0.0221. The van der Waals surface area contributed by atoms with Crippen LogP contribution in [0.4, 0.5) is 13.2 Å². The molecule has 1 aromatic rings. The monoisotopic (exact) mass is 356 g/mol. The molecule has 0 heterocycles. The second kappa shape index (κ2) is 6.98. The first-order valence-electron chi connectivity index (χ1n) is 7.86. The molecule has 0 radical (unpaired) electrons. The van der Waals surface area contributed by atoms with Gasteiger partial charge in [0.2, 0.25) is 0 Å². The molecule has 1 aromatic carbocycles. The largest absolute Gasteiger partial charge is 0.484 e. The van der Waals surface area contributed by atoms with Crippen molar-refractivity contribution in [1.82, 2.24) is 0 Å². The van der Waals surface area contributed by atoms with Crippen LogP contribution in [0.3, 0.4) is 0 Å². The Kier molecular flexibility index (Phi) is 5.34. The van der Waals surface area contributed by atoms with Crippen LogP contribution in [-0.4, -0.2) is 30.1 Å². The first kappa shape index (κ1) is 19.1. The third kappa shape index (κ3) is 4.46. The number of rotatable bonds is 5. The van der Waals surface area contributed by atoms with Crippen LogP contribution in [-0.2, 0) is 14.4 Å². The number of Topliss-reactive ketones (excluding diaryl/α,β-unsaturated/α-hetero) is 3. The lowest BCUT2D eigenvalue weighted by molar-refractivity contribution is -0.153. The van der Waals surface area contributed by atoms with E-state index in [9.17, 15) is 27.6 Å². The molecular weight excluding hydrogens is 337 g/mol. The third-order valence-electron chi connectivity index (χ3n) is 4.25. The lowest BCUT2D eigenvalue weighted by Crippen LogP contribution is -2.20. The zero-order chi connectivity index (χ0) is 18.9. The van der Waals surface area contributed by atoms with Gasteiger partial charge in [0.05, 0.1) is 0 Å². The Labute approximate surface area is 143 Å². The number of carbonyl (C=O) groups is 3. The smallest absolute Gasteiger partial charge is 0.422 e. The van der Waals surface area contributed by atoms with E-state index >= 15 is 0 Å². The molecule has 2 rings (SSSR count). The number of carbonyl (C=O) groups excluding carboxylic acids is 3. The van der Waals surface area contributed by atoms with Crippen LogP contribution in [0, 0.1) is 19.8 Å². The number of benzene rings is 1. The molecule has 25 heavy (non-hydrogen) atoms. The molecule has 0 aliphatic heterocycles. The van der Waals surface area contributed by atoms with Crippen molar-refractivity contribution in [2.24, 2.45) is 5.92 Å². The SMILES string of the molecule is CC(=O)CC1CC(=O)C(c2c(C)cc(OCC(F)(F)F)cc2C)C1=O. The van der Waals surface area contributed by atoms with E-state index in [2.05, 4.69) is 0 Å². The minimum Gasteiger partial charge on any atom is -0.484 e. The molecule has 1 fully saturated rings. The maximum Gasteiger partial charge on any atom is 0.422 e. The van der Waals surface area contributed by atoms with Crippen molar-refractivity contribution < 1.29 is 32.3 Å². The summed E-state index contributed by atoms with van der Waals surface area (Å²) in [6.45, 7) is 3.21. The summed E-state index contributed by atoms with van der Waals surface area (Å²) in [4.78, 5) is 36.1. The normalized spacial score (nSPS) is 20.9. The van der Waals surface area contributed by atoms with Gasteiger partial charge in [-0.2, -0.15) is 13.2 Å². The molecule has 1 aliphatic rings. The summed E-state index contributed by atoms with van der Waals surface area (Å²) in [6, 6.07) is 2.79. The average molecular weight is 356 g/mol. The van der Waals surface area contributed by atoms with Crippen molar-refractivity contribution in [3.63, 3.8) is 0 Å². The van der Waals surface area contributed by atoms with E-state index in [-0.39, 0.29) is 35.9 Å². The summed E-state index contributed by atoms with van der Waals surface area (Å²) in [5.41, 5.74) is 1.54. The number of aryl methyl sites for hydroxylation is 2. The van der Waals surface area contributed by atoms with Crippen LogP contribution in [0.1, 0.15) is 42.4 Å². The zero-order valence-electron chi connectivity index (χ0n) is 14.2. The van der Waals surface area contributed by atoms with Crippen molar-refractivity contribution >= 4 is 17.3 Å². The van der Waals surface area contributed by atoms with Gasteiger partial charge in [0.15, 0.2) is 12.4 Å². The lowest BCUT2D eigenvalue weighted by Gasteiger charge is -2.18. The Balaban J connectivity index is 2.29. The van der Waals surface area contributed by atoms with E-state index in [0.29, 0.717) is 16.7 Å². The van der Waals surface area contributed by atoms with Gasteiger partial charge < -0.3 is 9.53 Å². The first-order valence-corrected chi connectivity index (χ1v) is 7.86. The molecule has 0 bridgehead atoms. The van der Waals surface area contributed by atoms with Gasteiger partial charge in [-0.15, -0.1) is 0 Å². The van der Waals surface area contributed by atoms with Crippen molar-refractivity contribution in [2.45, 2.75) is 45.7 Å². The topological polar surface area (TPSA) is 60.4 Å². The van der Waals surface area contributed by atoms with Crippen molar-refractivity contribution in [3.05, 3.63) is 28.8 Å². The van der Waals surface area contributed by atoms with Crippen LogP contribution in [0.5, 0.6) is 5.75 Å². The highest BCUT2D eigenvalue weighted by molar-refractivity contribution is 6.15. The van der Waals surface area contributed by atoms with Crippen molar-refractivity contribution in [1.29, 1.82) is 0 Å². The quantitative estimate of drug-likeness (QED) is 0.758. The fourth-order valence-corrected chi connectivity index (χ4v) is 3.32. The Bertz CT molecular complexity index is 699. The predicted octanol–water partition coefficient (Wildman–Crippen LogP) is 3.47. The number of ketones is 3. The molecule has 136 valence electrons. The number of hydrogen-bond donors (Lipinski definition) is 0. The van der Waals surface area contributed by atoms with Crippen LogP contribution in [0.15, 0.2) is 12.1 Å². The molecule has 0 saturated heterocycles. The summed E-state index contributed by atoms with van der Waals surface area (Å²) in [7, 11) is 0. The molecular formula is C18H19F3O4. The summed E-state index contributed by atoms with van der Waals surface area (Å²) in [5.74, 6) is -2.25. The van der Waals surface area contributed by atoms with Gasteiger partial charge in [0, 0.05) is 18.8 Å². The van der Waals surface area contributed by atoms with Crippen molar-refractivity contribution in [3.8, 4) is 5.75 Å². The highest BCUT2D eigenvalue weighted by Gasteiger charge is 2.43. The molecule has 1 saturated carbocycles. The molecule has 0 aromatic heterocycles. The maximum absolute atomic E-state index is 12.5. The zero-order valence-corrected chi connectivity index (χ0v) is 14.2. The molecule has 0 N–H and O–H groups in total. The molecule has 0 spiro atoms. The van der Waals surface area contributed by atoms with E-state index in [1.165, 1.54) is 19.1 Å². The number of ether oxygens (including phenoxy) is 1. The number of alkyl halides is 3. The summed E-state index contributed by atoms with van der Waals surface area (Å²) < 4.78 is 41.6. The summed E-state index contributed by atoms with van der Waals surface area (Å²) in [5, 5.41) is 0. The second-order valence-electron chi connectivity index (χ2n) is 6.48. The molecule has 2 unspecified atom stereocenters. The average Bonchev–Trinajstić information content (AvgIpc) is 2.71. The predicted molar refractivity (Wildman–Crippen MR) is 83.6 cm³/mol. The van der Waals surface area contributed by atoms with E-state index in [0.717, 1.165) is 0 Å². The van der Waals surface area contributed by atoms with E-state index in [4.69, 9.17) is 4.74 Å². The standard InChI is InChI=1S/C18H19F3O4/c1-9-4-13(25-8-18(19,20)21)5-10(2)15(9)16-14(23)7-12(17(16)24)6-11(3)22/h4-5,12,16H,6-8H2,1-3H3. The van der Waals surface area contributed by atoms with Gasteiger partial charge in [-0.1, -0.05) is 0 Å². The van der Waals surface area contributed by atoms with Crippen LogP contribution in [0.25, 0.3) is 0 Å². The molecule has 1 aliphatic carbocycles. The minimum atomic E-state index is -4.45. The summed E-state index contributed by atoms with van der Waals surface area (Å²) in [6.07, 6.45) is -4.39. The fourth-order valence-electron chi connectivity index (χ4n) is 3.32. The Morgan fingerprint density at radius 1 is 1.20 bits per heavy atom. The van der Waals surface area contributed by atoms with Crippen molar-refractivity contribution in [2.75, 3.05) is 6.61 Å². The van der Waals surface area contributed by atoms with E-state index < -0.39 is 24.6 Å². The second-order valence-corrected chi connectivity index (χ2v) is 6.48. The first-order chi connectivity index (χ1) is 11.5. The maximum atomic E-state index is 12.5. The lowest BCUT2D eigenvalue weighted by atomic mass is 9.87. The highest BCUT2D eigenvalue weighted by atomic mass is 19.4. The van der Waals surface area contributed by atoms with Gasteiger partial charge in [-0.25, -0.2) is 0 Å². The van der Waals surface area contributed by atoms with Gasteiger partial charge >= 0.3 is 6.18 Å². The number of halogens is 3. The molecule has 4 nitrogen and oxygen atoms in total.